The van der Waals surface area contributed by atoms with E-state index in [0.29, 0.717) is 18.8 Å². The number of rotatable bonds is 6. The SMILES string of the molecule is CCN(CC)C(=O)COc1cccc([C@@H](C)N)c1. The Labute approximate surface area is 109 Å². The van der Waals surface area contributed by atoms with E-state index in [1.54, 1.807) is 4.90 Å². The Hall–Kier alpha value is -1.55. The van der Waals surface area contributed by atoms with E-state index < -0.39 is 0 Å². The summed E-state index contributed by atoms with van der Waals surface area (Å²) in [5.41, 5.74) is 6.80. The zero-order valence-electron chi connectivity index (χ0n) is 11.3. The second-order valence-electron chi connectivity index (χ2n) is 4.22. The molecule has 1 atom stereocenters. The molecule has 4 heteroatoms. The number of carbonyl (C=O) groups is 1. The third kappa shape index (κ3) is 4.04. The Balaban J connectivity index is 2.58. The number of ether oxygens (including phenoxy) is 1. The summed E-state index contributed by atoms with van der Waals surface area (Å²) in [6, 6.07) is 7.51. The number of likely N-dealkylation sites (N-methyl/N-ethyl adjacent to an activating group) is 1. The average Bonchev–Trinajstić information content (AvgIpc) is 2.38. The average molecular weight is 250 g/mol. The lowest BCUT2D eigenvalue weighted by atomic mass is 10.1. The Morgan fingerprint density at radius 3 is 2.61 bits per heavy atom. The van der Waals surface area contributed by atoms with Crippen LogP contribution >= 0.6 is 0 Å². The number of hydrogen-bond donors (Lipinski definition) is 1. The smallest absolute Gasteiger partial charge is 0.260 e. The van der Waals surface area contributed by atoms with Gasteiger partial charge in [-0.2, -0.15) is 0 Å². The van der Waals surface area contributed by atoms with E-state index in [1.165, 1.54) is 0 Å². The van der Waals surface area contributed by atoms with Crippen molar-refractivity contribution in [1.29, 1.82) is 0 Å². The first kappa shape index (κ1) is 14.5. The molecule has 2 N–H and O–H groups in total. The summed E-state index contributed by atoms with van der Waals surface area (Å²) in [6.45, 7) is 7.32. The highest BCUT2D eigenvalue weighted by Gasteiger charge is 2.10. The molecular weight excluding hydrogens is 228 g/mol. The van der Waals surface area contributed by atoms with Gasteiger partial charge in [0.15, 0.2) is 6.61 Å². The minimum Gasteiger partial charge on any atom is -0.484 e. The first-order chi connectivity index (χ1) is 8.58. The van der Waals surface area contributed by atoms with E-state index in [-0.39, 0.29) is 18.6 Å². The molecule has 0 bridgehead atoms. The molecule has 18 heavy (non-hydrogen) atoms. The molecule has 1 rings (SSSR count). The predicted octanol–water partition coefficient (Wildman–Crippen LogP) is 1.95. The van der Waals surface area contributed by atoms with Crippen molar-refractivity contribution >= 4 is 5.91 Å². The molecule has 0 heterocycles. The van der Waals surface area contributed by atoms with Gasteiger partial charge in [-0.3, -0.25) is 4.79 Å². The standard InChI is InChI=1S/C14H22N2O2/c1-4-16(5-2)14(17)10-18-13-8-6-7-12(9-13)11(3)15/h6-9,11H,4-5,10,15H2,1-3H3/t11-/m1/s1. The van der Waals surface area contributed by atoms with Gasteiger partial charge in [0, 0.05) is 19.1 Å². The van der Waals surface area contributed by atoms with Gasteiger partial charge in [0.1, 0.15) is 5.75 Å². The molecule has 100 valence electrons. The molecule has 4 nitrogen and oxygen atoms in total. The van der Waals surface area contributed by atoms with E-state index in [0.717, 1.165) is 5.56 Å². The largest absolute Gasteiger partial charge is 0.484 e. The maximum absolute atomic E-state index is 11.8. The van der Waals surface area contributed by atoms with Gasteiger partial charge < -0.3 is 15.4 Å². The minimum absolute atomic E-state index is 0.00574. The van der Waals surface area contributed by atoms with Gasteiger partial charge in [-0.1, -0.05) is 12.1 Å². The molecule has 1 aromatic rings. The summed E-state index contributed by atoms with van der Waals surface area (Å²) < 4.78 is 5.50. The van der Waals surface area contributed by atoms with Crippen LogP contribution in [0.2, 0.25) is 0 Å². The molecule has 0 unspecified atom stereocenters. The highest BCUT2D eigenvalue weighted by molar-refractivity contribution is 5.77. The van der Waals surface area contributed by atoms with Crippen molar-refractivity contribution in [2.24, 2.45) is 5.73 Å². The van der Waals surface area contributed by atoms with Crippen LogP contribution in [0.1, 0.15) is 32.4 Å². The second-order valence-corrected chi connectivity index (χ2v) is 4.22. The number of nitrogens with zero attached hydrogens (tertiary/aromatic N) is 1. The molecule has 1 amide bonds. The van der Waals surface area contributed by atoms with Crippen LogP contribution in [-0.4, -0.2) is 30.5 Å². The summed E-state index contributed by atoms with van der Waals surface area (Å²) >= 11 is 0. The van der Waals surface area contributed by atoms with Gasteiger partial charge in [0.05, 0.1) is 0 Å². The lowest BCUT2D eigenvalue weighted by Crippen LogP contribution is -2.34. The number of hydrogen-bond acceptors (Lipinski definition) is 3. The summed E-state index contributed by atoms with van der Waals surface area (Å²) in [4.78, 5) is 13.5. The highest BCUT2D eigenvalue weighted by atomic mass is 16.5. The fourth-order valence-electron chi connectivity index (χ4n) is 1.70. The fraction of sp³-hybridized carbons (Fsp3) is 0.500. The fourth-order valence-corrected chi connectivity index (χ4v) is 1.70. The van der Waals surface area contributed by atoms with Crippen LogP contribution in [0.25, 0.3) is 0 Å². The maximum atomic E-state index is 11.8. The summed E-state index contributed by atoms with van der Waals surface area (Å²) in [7, 11) is 0. The first-order valence-corrected chi connectivity index (χ1v) is 6.34. The monoisotopic (exact) mass is 250 g/mol. The summed E-state index contributed by atoms with van der Waals surface area (Å²) in [5.74, 6) is 0.691. The van der Waals surface area contributed by atoms with E-state index in [2.05, 4.69) is 0 Å². The van der Waals surface area contributed by atoms with Gasteiger partial charge in [-0.05, 0) is 38.5 Å². The lowest BCUT2D eigenvalue weighted by Gasteiger charge is -2.18. The van der Waals surface area contributed by atoms with Gasteiger partial charge >= 0.3 is 0 Å². The molecule has 0 saturated carbocycles. The van der Waals surface area contributed by atoms with Crippen molar-refractivity contribution in [2.75, 3.05) is 19.7 Å². The normalized spacial score (nSPS) is 12.0. The van der Waals surface area contributed by atoms with E-state index in [9.17, 15) is 4.79 Å². The summed E-state index contributed by atoms with van der Waals surface area (Å²) in [6.07, 6.45) is 0. The molecule has 0 aliphatic carbocycles. The Bertz CT molecular complexity index is 387. The van der Waals surface area contributed by atoms with Gasteiger partial charge in [0.2, 0.25) is 0 Å². The molecule has 0 spiro atoms. The van der Waals surface area contributed by atoms with Gasteiger partial charge in [-0.15, -0.1) is 0 Å². The lowest BCUT2D eigenvalue weighted by molar-refractivity contribution is -0.132. The Kier molecular flexibility index (Phi) is 5.65. The molecular formula is C14H22N2O2. The van der Waals surface area contributed by atoms with Gasteiger partial charge in [0.25, 0.3) is 5.91 Å². The quantitative estimate of drug-likeness (QED) is 0.839. The van der Waals surface area contributed by atoms with Crippen LogP contribution < -0.4 is 10.5 Å². The predicted molar refractivity (Wildman–Crippen MR) is 72.5 cm³/mol. The number of amides is 1. The van der Waals surface area contributed by atoms with Crippen LogP contribution in [0.5, 0.6) is 5.75 Å². The second kappa shape index (κ2) is 7.01. The zero-order chi connectivity index (χ0) is 13.5. The first-order valence-electron chi connectivity index (χ1n) is 6.34. The van der Waals surface area contributed by atoms with Crippen LogP contribution in [0.15, 0.2) is 24.3 Å². The van der Waals surface area contributed by atoms with Crippen molar-refractivity contribution in [3.8, 4) is 5.75 Å². The topological polar surface area (TPSA) is 55.6 Å². The van der Waals surface area contributed by atoms with E-state index in [4.69, 9.17) is 10.5 Å². The van der Waals surface area contributed by atoms with Crippen LogP contribution in [0, 0.1) is 0 Å². The van der Waals surface area contributed by atoms with Crippen molar-refractivity contribution < 1.29 is 9.53 Å². The highest BCUT2D eigenvalue weighted by Crippen LogP contribution is 2.17. The van der Waals surface area contributed by atoms with Crippen LogP contribution in [0.4, 0.5) is 0 Å². The summed E-state index contributed by atoms with van der Waals surface area (Å²) in [5, 5.41) is 0. The van der Waals surface area contributed by atoms with Gasteiger partial charge in [-0.25, -0.2) is 0 Å². The zero-order valence-corrected chi connectivity index (χ0v) is 11.3. The number of carbonyl (C=O) groups excluding carboxylic acids is 1. The van der Waals surface area contributed by atoms with Crippen LogP contribution in [-0.2, 0) is 4.79 Å². The molecule has 0 aliphatic heterocycles. The molecule has 1 aromatic carbocycles. The van der Waals surface area contributed by atoms with E-state index >= 15 is 0 Å². The van der Waals surface area contributed by atoms with Crippen molar-refractivity contribution in [1.82, 2.24) is 4.90 Å². The Morgan fingerprint density at radius 2 is 2.06 bits per heavy atom. The Morgan fingerprint density at radius 1 is 1.39 bits per heavy atom. The molecule has 0 fully saturated rings. The van der Waals surface area contributed by atoms with Crippen molar-refractivity contribution in [3.05, 3.63) is 29.8 Å². The third-order valence-corrected chi connectivity index (χ3v) is 2.86. The molecule has 0 aromatic heterocycles. The minimum atomic E-state index is -0.0352. The molecule has 0 saturated heterocycles. The van der Waals surface area contributed by atoms with Crippen molar-refractivity contribution in [3.63, 3.8) is 0 Å². The number of benzene rings is 1. The maximum Gasteiger partial charge on any atom is 0.260 e. The molecule has 0 radical (unpaired) electrons. The molecule has 0 aliphatic rings. The van der Waals surface area contributed by atoms with E-state index in [1.807, 2.05) is 45.0 Å². The van der Waals surface area contributed by atoms with Crippen molar-refractivity contribution in [2.45, 2.75) is 26.8 Å². The van der Waals surface area contributed by atoms with Crippen LogP contribution in [0.3, 0.4) is 0 Å². The number of nitrogens with two attached hydrogens (primary N) is 1. The third-order valence-electron chi connectivity index (χ3n) is 2.86.